The molecule has 0 spiro atoms. The van der Waals surface area contributed by atoms with E-state index < -0.39 is 0 Å². The zero-order chi connectivity index (χ0) is 10.7. The molecule has 1 aliphatic rings. The first-order valence-electron chi connectivity index (χ1n) is 5.24. The molecule has 1 rings (SSSR count). The van der Waals surface area contributed by atoms with Gasteiger partial charge in [-0.05, 0) is 33.7 Å². The molecule has 0 aromatic rings. The van der Waals surface area contributed by atoms with Gasteiger partial charge in [0.05, 0.1) is 6.54 Å². The number of hydrogen-bond acceptors (Lipinski definition) is 3. The van der Waals surface area contributed by atoms with Crippen LogP contribution in [0.15, 0.2) is 0 Å². The van der Waals surface area contributed by atoms with Crippen LogP contribution >= 0.6 is 0 Å². The second-order valence-electron chi connectivity index (χ2n) is 4.52. The monoisotopic (exact) mass is 199 g/mol. The third-order valence-corrected chi connectivity index (χ3v) is 2.62. The first kappa shape index (κ1) is 11.5. The van der Waals surface area contributed by atoms with E-state index in [1.165, 1.54) is 0 Å². The largest absolute Gasteiger partial charge is 0.353 e. The maximum Gasteiger partial charge on any atom is 0.234 e. The van der Waals surface area contributed by atoms with E-state index in [1.54, 1.807) is 0 Å². The van der Waals surface area contributed by atoms with Crippen LogP contribution in [0.5, 0.6) is 0 Å². The van der Waals surface area contributed by atoms with E-state index in [1.807, 2.05) is 20.9 Å². The summed E-state index contributed by atoms with van der Waals surface area (Å²) in [6.45, 7) is 4.42. The minimum absolute atomic E-state index is 0.1000. The molecule has 1 saturated carbocycles. The third-order valence-electron chi connectivity index (χ3n) is 2.62. The fourth-order valence-corrected chi connectivity index (χ4v) is 1.71. The Kier molecular flexibility index (Phi) is 3.89. The molecule has 0 saturated heterocycles. The number of likely N-dealkylation sites (N-methyl/N-ethyl adjacent to an activating group) is 1. The maximum absolute atomic E-state index is 11.4. The molecule has 0 bridgehead atoms. The minimum Gasteiger partial charge on any atom is -0.353 e. The van der Waals surface area contributed by atoms with Gasteiger partial charge in [-0.15, -0.1) is 0 Å². The summed E-state index contributed by atoms with van der Waals surface area (Å²) in [7, 11) is 1.98. The van der Waals surface area contributed by atoms with E-state index in [0.717, 1.165) is 12.8 Å². The molecule has 3 N–H and O–H groups in total. The van der Waals surface area contributed by atoms with Gasteiger partial charge >= 0.3 is 0 Å². The van der Waals surface area contributed by atoms with Gasteiger partial charge in [-0.3, -0.25) is 9.69 Å². The van der Waals surface area contributed by atoms with Gasteiger partial charge in [0.2, 0.25) is 5.91 Å². The molecule has 4 heteroatoms. The van der Waals surface area contributed by atoms with Crippen molar-refractivity contribution in [3.8, 4) is 0 Å². The summed E-state index contributed by atoms with van der Waals surface area (Å²) in [6, 6.07) is 1.07. The van der Waals surface area contributed by atoms with Crippen molar-refractivity contribution in [3.05, 3.63) is 0 Å². The molecule has 1 fully saturated rings. The van der Waals surface area contributed by atoms with Crippen LogP contribution in [-0.4, -0.2) is 42.5 Å². The van der Waals surface area contributed by atoms with Gasteiger partial charge in [-0.25, -0.2) is 0 Å². The van der Waals surface area contributed by atoms with Gasteiger partial charge in [-0.1, -0.05) is 0 Å². The van der Waals surface area contributed by atoms with Crippen LogP contribution in [-0.2, 0) is 4.79 Å². The van der Waals surface area contributed by atoms with Crippen molar-refractivity contribution in [1.82, 2.24) is 10.2 Å². The quantitative estimate of drug-likeness (QED) is 0.666. The lowest BCUT2D eigenvalue weighted by Crippen LogP contribution is -2.52. The van der Waals surface area contributed by atoms with Crippen LogP contribution in [0.3, 0.4) is 0 Å². The van der Waals surface area contributed by atoms with Gasteiger partial charge in [-0.2, -0.15) is 0 Å². The highest BCUT2D eigenvalue weighted by molar-refractivity contribution is 5.78. The van der Waals surface area contributed by atoms with E-state index >= 15 is 0 Å². The average Bonchev–Trinajstić information content (AvgIpc) is 1.96. The Morgan fingerprint density at radius 3 is 2.57 bits per heavy atom. The summed E-state index contributed by atoms with van der Waals surface area (Å²) in [4.78, 5) is 13.5. The lowest BCUT2D eigenvalue weighted by Gasteiger charge is -2.39. The molecule has 0 unspecified atom stereocenters. The topological polar surface area (TPSA) is 58.4 Å². The number of carbonyl (C=O) groups is 1. The number of carbonyl (C=O) groups excluding carboxylic acids is 1. The van der Waals surface area contributed by atoms with Gasteiger partial charge < -0.3 is 11.1 Å². The molecule has 0 aromatic carbocycles. The Hall–Kier alpha value is -0.610. The number of amides is 1. The number of nitrogens with zero attached hydrogens (tertiary/aromatic N) is 1. The highest BCUT2D eigenvalue weighted by atomic mass is 16.2. The number of hydrogen-bond donors (Lipinski definition) is 2. The molecular formula is C10H21N3O. The van der Waals surface area contributed by atoms with Crippen molar-refractivity contribution < 1.29 is 4.79 Å². The Morgan fingerprint density at radius 1 is 1.57 bits per heavy atom. The van der Waals surface area contributed by atoms with Gasteiger partial charge in [0.1, 0.15) is 0 Å². The average molecular weight is 199 g/mol. The molecule has 0 aromatic heterocycles. The lowest BCUT2D eigenvalue weighted by molar-refractivity contribution is -0.123. The van der Waals surface area contributed by atoms with E-state index in [-0.39, 0.29) is 11.9 Å². The fraction of sp³-hybridized carbons (Fsp3) is 0.900. The Bertz CT molecular complexity index is 200. The summed E-state index contributed by atoms with van der Waals surface area (Å²) in [5.41, 5.74) is 5.69. The standard InChI is InChI=1S/C10H21N3O/c1-7(2)12-10(14)6-13(3)9-4-8(11)5-9/h7-9H,4-6,11H2,1-3H3,(H,12,14). The summed E-state index contributed by atoms with van der Waals surface area (Å²) in [5.74, 6) is 0.1000. The SMILES string of the molecule is CC(C)NC(=O)CN(C)C1CC(N)C1. The molecular weight excluding hydrogens is 178 g/mol. The summed E-state index contributed by atoms with van der Waals surface area (Å²) in [5, 5.41) is 2.88. The van der Waals surface area contributed by atoms with Crippen molar-refractivity contribution in [2.24, 2.45) is 5.73 Å². The summed E-state index contributed by atoms with van der Waals surface area (Å²) >= 11 is 0. The number of rotatable bonds is 4. The second-order valence-corrected chi connectivity index (χ2v) is 4.52. The first-order valence-corrected chi connectivity index (χ1v) is 5.24. The third kappa shape index (κ3) is 3.27. The fourth-order valence-electron chi connectivity index (χ4n) is 1.71. The smallest absolute Gasteiger partial charge is 0.234 e. The number of nitrogens with two attached hydrogens (primary N) is 1. The number of nitrogens with one attached hydrogen (secondary N) is 1. The van der Waals surface area contributed by atoms with Crippen molar-refractivity contribution in [3.63, 3.8) is 0 Å². The van der Waals surface area contributed by atoms with E-state index in [4.69, 9.17) is 5.73 Å². The first-order chi connectivity index (χ1) is 6.49. The van der Waals surface area contributed by atoms with E-state index in [9.17, 15) is 4.79 Å². The molecule has 0 radical (unpaired) electrons. The molecule has 82 valence electrons. The second kappa shape index (κ2) is 4.75. The van der Waals surface area contributed by atoms with E-state index in [0.29, 0.717) is 18.6 Å². The maximum atomic E-state index is 11.4. The summed E-state index contributed by atoms with van der Waals surface area (Å²) < 4.78 is 0. The minimum atomic E-state index is 0.1000. The van der Waals surface area contributed by atoms with Crippen LogP contribution in [0.1, 0.15) is 26.7 Å². The van der Waals surface area contributed by atoms with Crippen LogP contribution < -0.4 is 11.1 Å². The van der Waals surface area contributed by atoms with Gasteiger partial charge in [0.25, 0.3) is 0 Å². The van der Waals surface area contributed by atoms with Crippen LogP contribution in [0.4, 0.5) is 0 Å². The van der Waals surface area contributed by atoms with Crippen molar-refractivity contribution in [1.29, 1.82) is 0 Å². The zero-order valence-corrected chi connectivity index (χ0v) is 9.29. The molecule has 0 aliphatic heterocycles. The predicted molar refractivity (Wildman–Crippen MR) is 56.9 cm³/mol. The highest BCUT2D eigenvalue weighted by Gasteiger charge is 2.29. The Balaban J connectivity index is 2.20. The molecule has 14 heavy (non-hydrogen) atoms. The molecule has 0 atom stereocenters. The summed E-state index contributed by atoms with van der Waals surface area (Å²) in [6.07, 6.45) is 2.04. The van der Waals surface area contributed by atoms with Crippen LogP contribution in [0, 0.1) is 0 Å². The van der Waals surface area contributed by atoms with Gasteiger partial charge in [0.15, 0.2) is 0 Å². The molecule has 1 amide bonds. The highest BCUT2D eigenvalue weighted by Crippen LogP contribution is 2.22. The lowest BCUT2D eigenvalue weighted by atomic mass is 9.86. The van der Waals surface area contributed by atoms with E-state index in [2.05, 4.69) is 10.2 Å². The van der Waals surface area contributed by atoms with Crippen LogP contribution in [0.2, 0.25) is 0 Å². The van der Waals surface area contributed by atoms with Crippen molar-refractivity contribution >= 4 is 5.91 Å². The Morgan fingerprint density at radius 2 is 2.14 bits per heavy atom. The van der Waals surface area contributed by atoms with Crippen molar-refractivity contribution in [2.75, 3.05) is 13.6 Å². The molecule has 4 nitrogen and oxygen atoms in total. The van der Waals surface area contributed by atoms with Gasteiger partial charge in [0, 0.05) is 18.1 Å². The van der Waals surface area contributed by atoms with Crippen molar-refractivity contribution in [2.45, 2.75) is 44.8 Å². The Labute approximate surface area is 85.8 Å². The van der Waals surface area contributed by atoms with Crippen LogP contribution in [0.25, 0.3) is 0 Å². The normalized spacial score (nSPS) is 26.4. The molecule has 0 heterocycles. The predicted octanol–water partition coefficient (Wildman–Crippen LogP) is -0.0675. The zero-order valence-electron chi connectivity index (χ0n) is 9.29. The molecule has 1 aliphatic carbocycles.